The predicted octanol–water partition coefficient (Wildman–Crippen LogP) is 4.82. The lowest BCUT2D eigenvalue weighted by molar-refractivity contribution is 0.299. The first-order chi connectivity index (χ1) is 13.5. The van der Waals surface area contributed by atoms with Crippen LogP contribution in [0, 0.1) is 20.5 Å². The molecule has 0 N–H and O–H groups in total. The first-order valence-corrected chi connectivity index (χ1v) is 9.87. The van der Waals surface area contributed by atoms with Gasteiger partial charge in [-0.05, 0) is 56.0 Å². The van der Waals surface area contributed by atoms with E-state index < -0.39 is 0 Å². The Kier molecular flexibility index (Phi) is 5.12. The zero-order valence-electron chi connectivity index (χ0n) is 17.0. The molecule has 2 aromatic carbocycles. The van der Waals surface area contributed by atoms with Crippen LogP contribution in [-0.2, 0) is 11.3 Å². The van der Waals surface area contributed by atoms with E-state index in [0.717, 1.165) is 18.0 Å². The van der Waals surface area contributed by atoms with E-state index >= 15 is 0 Å². The number of nitrogens with zero attached hydrogens (tertiary/aromatic N) is 3. The van der Waals surface area contributed by atoms with E-state index in [-0.39, 0.29) is 6.04 Å². The predicted molar refractivity (Wildman–Crippen MR) is 112 cm³/mol. The van der Waals surface area contributed by atoms with Gasteiger partial charge in [0.25, 0.3) is 0 Å². The Morgan fingerprint density at radius 3 is 2.61 bits per heavy atom. The van der Waals surface area contributed by atoms with Crippen LogP contribution < -0.4 is 0 Å². The Morgan fingerprint density at radius 2 is 1.89 bits per heavy atom. The normalized spacial score (nSPS) is 18.8. The minimum atomic E-state index is 0.0723. The molecule has 0 amide bonds. The molecule has 0 aliphatic carbocycles. The van der Waals surface area contributed by atoms with Gasteiger partial charge in [0.2, 0.25) is 12.6 Å². The van der Waals surface area contributed by atoms with Crippen molar-refractivity contribution in [1.29, 1.82) is 0 Å². The summed E-state index contributed by atoms with van der Waals surface area (Å²) < 4.78 is 6.00. The van der Waals surface area contributed by atoms with E-state index in [4.69, 9.17) is 9.73 Å². The van der Waals surface area contributed by atoms with Gasteiger partial charge in [-0.2, -0.15) is 0 Å². The van der Waals surface area contributed by atoms with Crippen LogP contribution in [0.25, 0.3) is 0 Å². The molecule has 144 valence electrons. The highest BCUT2D eigenvalue weighted by Crippen LogP contribution is 2.28. The maximum atomic E-state index is 6.00. The fraction of sp³-hybridized carbons (Fsp3) is 0.333. The van der Waals surface area contributed by atoms with Crippen molar-refractivity contribution in [3.05, 3.63) is 89.4 Å². The van der Waals surface area contributed by atoms with Crippen LogP contribution >= 0.6 is 0 Å². The van der Waals surface area contributed by atoms with Gasteiger partial charge in [0.15, 0.2) is 0 Å². The summed E-state index contributed by atoms with van der Waals surface area (Å²) in [7, 11) is 0. The Bertz CT molecular complexity index is 902. The van der Waals surface area contributed by atoms with Crippen LogP contribution in [-0.4, -0.2) is 28.3 Å². The average Bonchev–Trinajstić information content (AvgIpc) is 3.34. The van der Waals surface area contributed by atoms with Crippen molar-refractivity contribution in [2.75, 3.05) is 6.61 Å². The van der Waals surface area contributed by atoms with Gasteiger partial charge in [-0.25, -0.2) is 4.99 Å². The van der Waals surface area contributed by atoms with Gasteiger partial charge >= 0.3 is 0 Å². The molecule has 28 heavy (non-hydrogen) atoms. The largest absolute Gasteiger partial charge is 0.475 e. The van der Waals surface area contributed by atoms with Gasteiger partial charge in [0.05, 0.1) is 0 Å². The molecule has 4 rings (SSSR count). The Hall–Kier alpha value is -2.75. The molecule has 0 bridgehead atoms. The lowest BCUT2D eigenvalue weighted by Gasteiger charge is -2.23. The lowest BCUT2D eigenvalue weighted by Crippen LogP contribution is -2.25. The summed E-state index contributed by atoms with van der Waals surface area (Å²) in [5.74, 6) is 0.751. The number of hydrogen-bond donors (Lipinski definition) is 0. The molecular weight excluding hydrogens is 346 g/mol. The Balaban J connectivity index is 1.56. The van der Waals surface area contributed by atoms with Crippen molar-refractivity contribution >= 4 is 5.90 Å². The van der Waals surface area contributed by atoms with Gasteiger partial charge in [-0.1, -0.05) is 36.4 Å². The smallest absolute Gasteiger partial charge is 0.217 e. The third kappa shape index (κ3) is 3.77. The molecule has 0 spiro atoms. The summed E-state index contributed by atoms with van der Waals surface area (Å²) in [6.45, 7) is 13.4. The summed E-state index contributed by atoms with van der Waals surface area (Å²) in [6, 6.07) is 15.3. The summed E-state index contributed by atoms with van der Waals surface area (Å²) in [4.78, 5) is 9.07. The van der Waals surface area contributed by atoms with Crippen molar-refractivity contribution < 1.29 is 4.74 Å². The van der Waals surface area contributed by atoms with E-state index in [0.29, 0.717) is 12.6 Å². The van der Waals surface area contributed by atoms with Crippen molar-refractivity contribution in [2.45, 2.75) is 46.3 Å². The van der Waals surface area contributed by atoms with Crippen LogP contribution in [0.2, 0.25) is 0 Å². The molecule has 0 saturated carbocycles. The van der Waals surface area contributed by atoms with Crippen molar-refractivity contribution in [3.8, 4) is 0 Å². The van der Waals surface area contributed by atoms with Crippen molar-refractivity contribution in [3.63, 3.8) is 0 Å². The third-order valence-corrected chi connectivity index (χ3v) is 5.30. The molecule has 2 heterocycles. The highest BCUT2D eigenvalue weighted by molar-refractivity contribution is 5.97. The maximum absolute atomic E-state index is 6.00. The number of ether oxygens (including phenoxy) is 1. The number of rotatable bonds is 5. The van der Waals surface area contributed by atoms with Crippen molar-refractivity contribution in [1.82, 2.24) is 9.80 Å². The minimum absolute atomic E-state index is 0.0723. The monoisotopic (exact) mass is 373 g/mol. The molecule has 4 nitrogen and oxygen atoms in total. The summed E-state index contributed by atoms with van der Waals surface area (Å²) in [6.07, 6.45) is 4.15. The van der Waals surface area contributed by atoms with Crippen LogP contribution in [0.1, 0.15) is 47.7 Å². The van der Waals surface area contributed by atoms with Gasteiger partial charge in [0.1, 0.15) is 12.6 Å². The zero-order valence-corrected chi connectivity index (χ0v) is 17.0. The average molecular weight is 374 g/mol. The van der Waals surface area contributed by atoms with Crippen LogP contribution in [0.3, 0.4) is 0 Å². The number of aryl methyl sites for hydroxylation is 2. The SMILES string of the molecule is Cc1cc(C)c(C2=N[C@@H](c3ccccc3)CO2)cc1CN1[C]N(C(C)C)C=C1. The standard InChI is InChI=1S/C24H27N3O/c1-17(2)27-11-10-26(16-27)14-21-13-22(19(4)12-18(21)3)24-25-23(15-28-24)20-8-6-5-7-9-20/h5-13,17,23H,14-15H2,1-4H3/t23-/m1/s1. The zero-order chi connectivity index (χ0) is 19.7. The summed E-state index contributed by atoms with van der Waals surface area (Å²) in [5.41, 5.74) is 6.02. The van der Waals surface area contributed by atoms with Crippen LogP contribution in [0.4, 0.5) is 0 Å². The Morgan fingerprint density at radius 1 is 1.11 bits per heavy atom. The molecular formula is C24H27N3O. The molecule has 2 aliphatic heterocycles. The van der Waals surface area contributed by atoms with E-state index in [2.05, 4.69) is 93.0 Å². The Labute approximate surface area is 168 Å². The second-order valence-corrected chi connectivity index (χ2v) is 7.79. The second-order valence-electron chi connectivity index (χ2n) is 7.79. The van der Waals surface area contributed by atoms with E-state index in [1.54, 1.807) is 0 Å². The maximum Gasteiger partial charge on any atom is 0.217 e. The first-order valence-electron chi connectivity index (χ1n) is 9.87. The molecule has 2 aromatic rings. The number of hydrogen-bond acceptors (Lipinski definition) is 4. The van der Waals surface area contributed by atoms with E-state index in [1.165, 1.54) is 22.3 Å². The molecule has 0 fully saturated rings. The van der Waals surface area contributed by atoms with Crippen LogP contribution in [0.5, 0.6) is 0 Å². The van der Waals surface area contributed by atoms with Gasteiger partial charge in [0, 0.05) is 30.5 Å². The van der Waals surface area contributed by atoms with E-state index in [1.807, 2.05) is 6.07 Å². The minimum Gasteiger partial charge on any atom is -0.475 e. The second kappa shape index (κ2) is 7.70. The quantitative estimate of drug-likeness (QED) is 0.752. The number of aliphatic imine (C=N–C) groups is 1. The fourth-order valence-electron chi connectivity index (χ4n) is 3.59. The van der Waals surface area contributed by atoms with Gasteiger partial charge in [-0.3, -0.25) is 0 Å². The fourth-order valence-corrected chi connectivity index (χ4v) is 3.59. The molecule has 0 unspecified atom stereocenters. The third-order valence-electron chi connectivity index (χ3n) is 5.30. The highest BCUT2D eigenvalue weighted by atomic mass is 16.5. The van der Waals surface area contributed by atoms with Crippen LogP contribution in [0.15, 0.2) is 59.9 Å². The van der Waals surface area contributed by atoms with Gasteiger partial charge in [-0.15, -0.1) is 0 Å². The van der Waals surface area contributed by atoms with Gasteiger partial charge < -0.3 is 14.5 Å². The molecule has 0 aromatic heterocycles. The highest BCUT2D eigenvalue weighted by Gasteiger charge is 2.24. The summed E-state index contributed by atoms with van der Waals surface area (Å²) >= 11 is 0. The molecule has 0 saturated heterocycles. The lowest BCUT2D eigenvalue weighted by atomic mass is 9.99. The number of benzene rings is 2. The molecule has 4 heteroatoms. The van der Waals surface area contributed by atoms with Crippen molar-refractivity contribution in [2.24, 2.45) is 4.99 Å². The topological polar surface area (TPSA) is 28.1 Å². The summed E-state index contributed by atoms with van der Waals surface area (Å²) in [5, 5.41) is 0. The molecule has 1 atom stereocenters. The first kappa shape index (κ1) is 18.6. The molecule has 2 radical (unpaired) electrons. The molecule has 2 aliphatic rings. The van der Waals surface area contributed by atoms with E-state index in [9.17, 15) is 0 Å².